The van der Waals surface area contributed by atoms with E-state index in [9.17, 15) is 18.0 Å². The third kappa shape index (κ3) is 3.19. The van der Waals surface area contributed by atoms with Crippen LogP contribution in [0.25, 0.3) is 0 Å². The quantitative estimate of drug-likeness (QED) is 0.268. The number of amides is 1. The lowest BCUT2D eigenvalue weighted by Crippen LogP contribution is -2.50. The summed E-state index contributed by atoms with van der Waals surface area (Å²) in [5.41, 5.74) is -0.744. The van der Waals surface area contributed by atoms with Crippen molar-refractivity contribution in [3.63, 3.8) is 0 Å². The lowest BCUT2D eigenvalue weighted by molar-refractivity contribution is -0.156. The molecule has 25 heavy (non-hydrogen) atoms. The maximum atomic E-state index is 12.0. The number of carbonyl (C=O) groups excluding carboxylic acids is 2. The van der Waals surface area contributed by atoms with Crippen molar-refractivity contribution < 1.29 is 36.4 Å². The van der Waals surface area contributed by atoms with Gasteiger partial charge in [-0.25, -0.2) is 4.79 Å². The maximum Gasteiger partial charge on any atom is 0.332 e. The molecule has 0 radical (unpaired) electrons. The molecule has 3 aliphatic rings. The van der Waals surface area contributed by atoms with E-state index in [1.54, 1.807) is 13.8 Å². The van der Waals surface area contributed by atoms with Crippen LogP contribution in [-0.2, 0) is 38.1 Å². The van der Waals surface area contributed by atoms with Crippen LogP contribution >= 0.6 is 0 Å². The van der Waals surface area contributed by atoms with Gasteiger partial charge in [0.05, 0.1) is 12.6 Å². The Morgan fingerprint density at radius 1 is 1.40 bits per heavy atom. The Morgan fingerprint density at radius 2 is 2.12 bits per heavy atom. The van der Waals surface area contributed by atoms with Crippen molar-refractivity contribution in [3.8, 4) is 0 Å². The van der Waals surface area contributed by atoms with Gasteiger partial charge in [0.2, 0.25) is 5.91 Å². The van der Waals surface area contributed by atoms with E-state index in [0.29, 0.717) is 12.0 Å². The molecule has 5 atom stereocenters. The number of carbonyl (C=O) groups is 2. The highest BCUT2D eigenvalue weighted by atomic mass is 32.2. The molecular weight excluding hydrogens is 354 g/mol. The number of fused-ring (bicyclic) bond motifs is 1. The maximum absolute atomic E-state index is 12.0. The molecule has 3 heterocycles. The molecular formula is C15H21NO8S. The average molecular weight is 375 g/mol. The van der Waals surface area contributed by atoms with Gasteiger partial charge in [-0.05, 0) is 20.3 Å². The van der Waals surface area contributed by atoms with Crippen molar-refractivity contribution >= 4 is 22.0 Å². The molecule has 0 aromatic heterocycles. The van der Waals surface area contributed by atoms with Crippen molar-refractivity contribution in [1.82, 2.24) is 5.32 Å². The summed E-state index contributed by atoms with van der Waals surface area (Å²) in [5, 5.41) is 1.87. The zero-order valence-electron chi connectivity index (χ0n) is 14.0. The van der Waals surface area contributed by atoms with E-state index in [-0.39, 0.29) is 25.7 Å². The first-order valence-corrected chi connectivity index (χ1v) is 9.43. The second-order valence-electron chi connectivity index (χ2n) is 6.62. The minimum Gasteiger partial charge on any atom is -0.462 e. The molecule has 3 rings (SSSR count). The van der Waals surface area contributed by atoms with Crippen molar-refractivity contribution in [1.29, 1.82) is 0 Å². The highest BCUT2D eigenvalue weighted by molar-refractivity contribution is 7.87. The number of rotatable bonds is 7. The van der Waals surface area contributed by atoms with E-state index >= 15 is 0 Å². The molecule has 3 fully saturated rings. The van der Waals surface area contributed by atoms with Crippen LogP contribution in [0.3, 0.4) is 0 Å². The van der Waals surface area contributed by atoms with Crippen LogP contribution in [0.1, 0.15) is 20.3 Å². The normalized spacial score (nSPS) is 37.0. The predicted octanol–water partition coefficient (Wildman–Crippen LogP) is -0.734. The number of hydrogen-bond acceptors (Lipinski definition) is 8. The smallest absolute Gasteiger partial charge is 0.332 e. The standard InChI is InChI=1S/C15H21NO8S/c1-8(2)14(18)16-4-5-21-11(17)7-22-12-9-6-10-13(23-9)15(12,3)24-25(10,19)20/h9-10,12-13H,1,4-7H2,2-3H3,(H,16,18). The molecule has 1 N–H and O–H groups in total. The minimum absolute atomic E-state index is 0.00133. The summed E-state index contributed by atoms with van der Waals surface area (Å²) in [6.07, 6.45) is -1.34. The third-order valence-corrected chi connectivity index (χ3v) is 6.45. The first-order valence-electron chi connectivity index (χ1n) is 7.96. The van der Waals surface area contributed by atoms with Crippen LogP contribution in [0.5, 0.6) is 0 Å². The molecule has 2 bridgehead atoms. The molecule has 3 aliphatic heterocycles. The van der Waals surface area contributed by atoms with E-state index in [1.807, 2.05) is 0 Å². The van der Waals surface area contributed by atoms with Crippen LogP contribution in [-0.4, -0.2) is 69.2 Å². The fourth-order valence-electron chi connectivity index (χ4n) is 3.54. The van der Waals surface area contributed by atoms with Crippen LogP contribution in [0, 0.1) is 0 Å². The first kappa shape index (κ1) is 18.3. The van der Waals surface area contributed by atoms with Gasteiger partial charge < -0.3 is 19.5 Å². The van der Waals surface area contributed by atoms with E-state index in [1.165, 1.54) is 0 Å². The average Bonchev–Trinajstić information content (AvgIpc) is 3.09. The number of ether oxygens (including phenoxy) is 3. The van der Waals surface area contributed by atoms with Crippen molar-refractivity contribution in [2.45, 2.75) is 49.4 Å². The zero-order valence-corrected chi connectivity index (χ0v) is 14.8. The Kier molecular flexibility index (Phi) is 4.65. The van der Waals surface area contributed by atoms with Gasteiger partial charge in [0.1, 0.15) is 36.3 Å². The minimum atomic E-state index is -3.66. The molecule has 0 aliphatic carbocycles. The van der Waals surface area contributed by atoms with Gasteiger partial charge in [-0.2, -0.15) is 8.42 Å². The van der Waals surface area contributed by atoms with Gasteiger partial charge in [0, 0.05) is 5.57 Å². The molecule has 10 heteroatoms. The highest BCUT2D eigenvalue weighted by Crippen LogP contribution is 2.54. The second kappa shape index (κ2) is 6.35. The summed E-state index contributed by atoms with van der Waals surface area (Å²) in [6, 6.07) is 0. The molecule has 3 saturated heterocycles. The number of esters is 1. The lowest BCUT2D eigenvalue weighted by Gasteiger charge is -2.30. The van der Waals surface area contributed by atoms with Gasteiger partial charge >= 0.3 is 5.97 Å². The Bertz CT molecular complexity index is 704. The van der Waals surface area contributed by atoms with Crippen molar-refractivity contribution in [2.24, 2.45) is 0 Å². The van der Waals surface area contributed by atoms with E-state index < -0.39 is 45.3 Å². The molecule has 0 saturated carbocycles. The summed E-state index contributed by atoms with van der Waals surface area (Å²) < 4.78 is 45.3. The topological polar surface area (TPSA) is 117 Å². The first-order chi connectivity index (χ1) is 11.6. The van der Waals surface area contributed by atoms with Gasteiger partial charge in [0.25, 0.3) is 10.1 Å². The van der Waals surface area contributed by atoms with Crippen molar-refractivity contribution in [2.75, 3.05) is 19.8 Å². The fourth-order valence-corrected chi connectivity index (χ4v) is 5.42. The van der Waals surface area contributed by atoms with Crippen LogP contribution < -0.4 is 5.32 Å². The summed E-state index contributed by atoms with van der Waals surface area (Å²) in [7, 11) is -3.66. The Morgan fingerprint density at radius 3 is 2.80 bits per heavy atom. The third-order valence-electron chi connectivity index (χ3n) is 4.68. The molecule has 0 spiro atoms. The van der Waals surface area contributed by atoms with Crippen molar-refractivity contribution in [3.05, 3.63) is 12.2 Å². The SMILES string of the molecule is C=C(C)C(=O)NCCOC(=O)COC1C2CC3C(O2)C1(C)OS3(=O)=O. The predicted molar refractivity (Wildman–Crippen MR) is 84.0 cm³/mol. The largest absolute Gasteiger partial charge is 0.462 e. The summed E-state index contributed by atoms with van der Waals surface area (Å²) in [4.78, 5) is 23.0. The van der Waals surface area contributed by atoms with Gasteiger partial charge in [-0.1, -0.05) is 6.58 Å². The molecule has 140 valence electrons. The summed E-state index contributed by atoms with van der Waals surface area (Å²) in [6.45, 7) is 6.49. The van der Waals surface area contributed by atoms with Gasteiger partial charge in [0.15, 0.2) is 0 Å². The van der Waals surface area contributed by atoms with Crippen LogP contribution in [0.2, 0.25) is 0 Å². The van der Waals surface area contributed by atoms with Crippen LogP contribution in [0.4, 0.5) is 0 Å². The Labute approximate surface area is 145 Å². The monoisotopic (exact) mass is 375 g/mol. The Balaban J connectivity index is 1.45. The van der Waals surface area contributed by atoms with Gasteiger partial charge in [-0.15, -0.1) is 0 Å². The summed E-state index contributed by atoms with van der Waals surface area (Å²) in [5.74, 6) is -0.929. The molecule has 0 aromatic rings. The van der Waals surface area contributed by atoms with Gasteiger partial charge in [-0.3, -0.25) is 8.98 Å². The highest BCUT2D eigenvalue weighted by Gasteiger charge is 2.72. The fraction of sp³-hybridized carbons (Fsp3) is 0.733. The molecule has 5 unspecified atom stereocenters. The summed E-state index contributed by atoms with van der Waals surface area (Å²) >= 11 is 0. The van der Waals surface area contributed by atoms with Crippen LogP contribution in [0.15, 0.2) is 12.2 Å². The van der Waals surface area contributed by atoms with E-state index in [2.05, 4.69) is 11.9 Å². The molecule has 9 nitrogen and oxygen atoms in total. The Hall–Kier alpha value is -1.49. The zero-order chi connectivity index (χ0) is 18.4. The second-order valence-corrected chi connectivity index (χ2v) is 8.38. The lowest BCUT2D eigenvalue weighted by atomic mass is 9.83. The number of hydrogen-bond donors (Lipinski definition) is 1. The van der Waals surface area contributed by atoms with E-state index in [0.717, 1.165) is 0 Å². The number of nitrogens with one attached hydrogen (secondary N) is 1. The van der Waals surface area contributed by atoms with E-state index in [4.69, 9.17) is 18.4 Å². The molecule has 1 amide bonds. The molecule has 0 aromatic carbocycles.